The third-order valence-electron chi connectivity index (χ3n) is 3.01. The minimum Gasteiger partial charge on any atom is -0.385 e. The Kier molecular flexibility index (Phi) is 6.53. The molecule has 1 atom stereocenters. The lowest BCUT2D eigenvalue weighted by Gasteiger charge is -2.13. The van der Waals surface area contributed by atoms with E-state index in [4.69, 9.17) is 9.57 Å². The first-order valence-corrected chi connectivity index (χ1v) is 7.79. The maximum absolute atomic E-state index is 11.1. The van der Waals surface area contributed by atoms with Crippen molar-refractivity contribution in [3.8, 4) is 0 Å². The van der Waals surface area contributed by atoms with Crippen molar-refractivity contribution in [3.63, 3.8) is 0 Å². The molecular formula is C15H21NO3S. The zero-order valence-corrected chi connectivity index (χ0v) is 12.5. The number of methoxy groups -OCH3 is 1. The van der Waals surface area contributed by atoms with E-state index in [1.165, 1.54) is 17.7 Å². The average Bonchev–Trinajstić information content (AvgIpc) is 3.28. The van der Waals surface area contributed by atoms with Crippen LogP contribution in [0.2, 0.25) is 0 Å². The van der Waals surface area contributed by atoms with Crippen LogP contribution in [0.1, 0.15) is 30.9 Å². The normalized spacial score (nSPS) is 16.1. The number of thioether (sulfide) groups is 1. The smallest absolute Gasteiger partial charge is 0.143 e. The van der Waals surface area contributed by atoms with E-state index in [2.05, 4.69) is 17.6 Å². The summed E-state index contributed by atoms with van der Waals surface area (Å²) in [5, 5.41) is 0.796. The second-order valence-electron chi connectivity index (χ2n) is 4.81. The maximum atomic E-state index is 11.1. The minimum atomic E-state index is -0.419. The highest BCUT2D eigenvalue weighted by atomic mass is 32.2. The summed E-state index contributed by atoms with van der Waals surface area (Å²) < 4.78 is 4.93. The largest absolute Gasteiger partial charge is 0.385 e. The number of hydrogen-bond donors (Lipinski definition) is 1. The Morgan fingerprint density at radius 3 is 2.70 bits per heavy atom. The zero-order chi connectivity index (χ0) is 14.2. The van der Waals surface area contributed by atoms with E-state index in [1.54, 1.807) is 7.11 Å². The van der Waals surface area contributed by atoms with Gasteiger partial charge in [0.15, 0.2) is 0 Å². The van der Waals surface area contributed by atoms with Crippen LogP contribution in [0.25, 0.3) is 0 Å². The molecule has 110 valence electrons. The molecule has 1 aliphatic carbocycles. The van der Waals surface area contributed by atoms with Crippen molar-refractivity contribution in [3.05, 3.63) is 29.8 Å². The van der Waals surface area contributed by atoms with Crippen LogP contribution in [0.5, 0.6) is 0 Å². The van der Waals surface area contributed by atoms with Gasteiger partial charge in [0.05, 0.1) is 6.61 Å². The molecule has 0 radical (unpaired) electrons. The third-order valence-corrected chi connectivity index (χ3v) is 4.36. The summed E-state index contributed by atoms with van der Waals surface area (Å²) in [5.74, 6) is 0. The molecule has 1 aromatic carbocycles. The molecule has 1 N–H and O–H groups in total. The fourth-order valence-corrected chi connectivity index (χ4v) is 2.78. The third kappa shape index (κ3) is 5.25. The maximum Gasteiger partial charge on any atom is 0.143 e. The van der Waals surface area contributed by atoms with Crippen LogP contribution in [0.15, 0.2) is 29.2 Å². The van der Waals surface area contributed by atoms with Gasteiger partial charge in [0.1, 0.15) is 12.3 Å². The number of ether oxygens (including phenoxy) is 1. The standard InChI is InChI=1S/C15H21NO3S/c1-18-9-2-10-19-16-15(11-17)12-3-5-13(6-4-12)20-14-7-8-14/h3-6,11,14-16H,2,7-10H2,1H3. The molecule has 20 heavy (non-hydrogen) atoms. The Bertz CT molecular complexity index is 406. The number of nitrogens with one attached hydrogen (secondary N) is 1. The number of hydrogen-bond acceptors (Lipinski definition) is 5. The highest BCUT2D eigenvalue weighted by Crippen LogP contribution is 2.39. The number of rotatable bonds is 10. The van der Waals surface area contributed by atoms with Crippen molar-refractivity contribution >= 4 is 18.0 Å². The number of benzene rings is 1. The van der Waals surface area contributed by atoms with Crippen LogP contribution in [0.3, 0.4) is 0 Å². The number of carbonyl (C=O) groups is 1. The quantitative estimate of drug-likeness (QED) is 0.408. The van der Waals surface area contributed by atoms with Crippen LogP contribution in [0, 0.1) is 0 Å². The van der Waals surface area contributed by atoms with Crippen LogP contribution in [-0.4, -0.2) is 31.9 Å². The van der Waals surface area contributed by atoms with E-state index in [9.17, 15) is 4.79 Å². The molecule has 1 saturated carbocycles. The van der Waals surface area contributed by atoms with E-state index in [-0.39, 0.29) is 0 Å². The summed E-state index contributed by atoms with van der Waals surface area (Å²) >= 11 is 1.91. The molecule has 0 aromatic heterocycles. The van der Waals surface area contributed by atoms with Crippen LogP contribution in [-0.2, 0) is 14.4 Å². The molecule has 1 aliphatic rings. The van der Waals surface area contributed by atoms with Gasteiger partial charge in [-0.2, -0.15) is 5.48 Å². The SMILES string of the molecule is COCCCONC(C=O)c1ccc(SC2CC2)cc1. The molecule has 1 unspecified atom stereocenters. The van der Waals surface area contributed by atoms with Crippen LogP contribution in [0.4, 0.5) is 0 Å². The molecule has 0 saturated heterocycles. The molecule has 0 aliphatic heterocycles. The topological polar surface area (TPSA) is 47.6 Å². The van der Waals surface area contributed by atoms with Crippen molar-refractivity contribution in [2.75, 3.05) is 20.3 Å². The first-order valence-electron chi connectivity index (χ1n) is 6.91. The Morgan fingerprint density at radius 1 is 1.35 bits per heavy atom. The van der Waals surface area contributed by atoms with Gasteiger partial charge in [0.25, 0.3) is 0 Å². The van der Waals surface area contributed by atoms with Gasteiger partial charge in [-0.15, -0.1) is 11.8 Å². The lowest BCUT2D eigenvalue weighted by atomic mass is 10.1. The van der Waals surface area contributed by atoms with Crippen molar-refractivity contribution in [2.45, 2.75) is 35.4 Å². The Morgan fingerprint density at radius 2 is 2.10 bits per heavy atom. The lowest BCUT2D eigenvalue weighted by molar-refractivity contribution is -0.113. The van der Waals surface area contributed by atoms with Gasteiger partial charge in [-0.1, -0.05) is 12.1 Å². The monoisotopic (exact) mass is 295 g/mol. The van der Waals surface area contributed by atoms with Gasteiger partial charge in [-0.05, 0) is 37.0 Å². The van der Waals surface area contributed by atoms with Crippen molar-refractivity contribution in [1.82, 2.24) is 5.48 Å². The number of carbonyl (C=O) groups excluding carboxylic acids is 1. The molecule has 1 aromatic rings. The Hall–Kier alpha value is -0.880. The van der Waals surface area contributed by atoms with E-state index in [1.807, 2.05) is 23.9 Å². The first kappa shape index (κ1) is 15.5. The summed E-state index contributed by atoms with van der Waals surface area (Å²) in [7, 11) is 1.66. The van der Waals surface area contributed by atoms with Gasteiger partial charge < -0.3 is 14.4 Å². The lowest BCUT2D eigenvalue weighted by Crippen LogP contribution is -2.23. The van der Waals surface area contributed by atoms with Crippen LogP contribution < -0.4 is 5.48 Å². The van der Waals surface area contributed by atoms with Gasteiger partial charge in [0, 0.05) is 23.9 Å². The molecule has 0 heterocycles. The molecule has 0 amide bonds. The fourth-order valence-electron chi connectivity index (χ4n) is 1.73. The average molecular weight is 295 g/mol. The minimum absolute atomic E-state index is 0.419. The van der Waals surface area contributed by atoms with Gasteiger partial charge in [0.2, 0.25) is 0 Å². The van der Waals surface area contributed by atoms with Gasteiger partial charge in [-0.3, -0.25) is 0 Å². The first-order chi connectivity index (χ1) is 9.83. The predicted octanol–water partition coefficient (Wildman–Crippen LogP) is 2.74. The summed E-state index contributed by atoms with van der Waals surface area (Å²) in [5.41, 5.74) is 3.71. The summed E-state index contributed by atoms with van der Waals surface area (Å²) in [6.07, 6.45) is 4.30. The summed E-state index contributed by atoms with van der Waals surface area (Å²) in [4.78, 5) is 17.7. The van der Waals surface area contributed by atoms with E-state index >= 15 is 0 Å². The second-order valence-corrected chi connectivity index (χ2v) is 6.19. The van der Waals surface area contributed by atoms with Crippen molar-refractivity contribution < 1.29 is 14.4 Å². The van der Waals surface area contributed by atoms with E-state index in [0.717, 1.165) is 23.5 Å². The van der Waals surface area contributed by atoms with Crippen molar-refractivity contribution in [2.24, 2.45) is 0 Å². The highest BCUT2D eigenvalue weighted by Gasteiger charge is 2.22. The number of aldehydes is 1. The summed E-state index contributed by atoms with van der Waals surface area (Å²) in [6, 6.07) is 7.69. The van der Waals surface area contributed by atoms with Crippen LogP contribution >= 0.6 is 11.8 Å². The zero-order valence-electron chi connectivity index (χ0n) is 11.7. The summed E-state index contributed by atoms with van der Waals surface area (Å²) in [6.45, 7) is 1.17. The molecule has 0 bridgehead atoms. The van der Waals surface area contributed by atoms with E-state index in [0.29, 0.717) is 13.2 Å². The van der Waals surface area contributed by atoms with Gasteiger partial charge >= 0.3 is 0 Å². The second kappa shape index (κ2) is 8.42. The van der Waals surface area contributed by atoms with E-state index < -0.39 is 6.04 Å². The molecule has 4 nitrogen and oxygen atoms in total. The Labute approximate surface area is 124 Å². The predicted molar refractivity (Wildman–Crippen MR) is 79.7 cm³/mol. The highest BCUT2D eigenvalue weighted by molar-refractivity contribution is 8.00. The molecular weight excluding hydrogens is 274 g/mol. The molecule has 2 rings (SSSR count). The van der Waals surface area contributed by atoms with Crippen molar-refractivity contribution in [1.29, 1.82) is 0 Å². The molecule has 5 heteroatoms. The molecule has 1 fully saturated rings. The fraction of sp³-hybridized carbons (Fsp3) is 0.533. The molecule has 0 spiro atoms. The van der Waals surface area contributed by atoms with Gasteiger partial charge in [-0.25, -0.2) is 0 Å². The Balaban J connectivity index is 1.78. The number of hydroxylamine groups is 1.